The Morgan fingerprint density at radius 1 is 0.889 bits per heavy atom. The van der Waals surface area contributed by atoms with Crippen LogP contribution in [0.1, 0.15) is 58.8 Å². The molecule has 3 heteroatoms. The van der Waals surface area contributed by atoms with Crippen LogP contribution in [-0.4, -0.2) is 6.04 Å². The monoisotopic (exact) mass is 383 g/mol. The SMILES string of the molecule is CC(C)C[C@H](CC1CCCCC1)NP(=O)(c1ccccc1)c1ccccc1. The van der Waals surface area contributed by atoms with Gasteiger partial charge in [-0.2, -0.15) is 0 Å². The lowest BCUT2D eigenvalue weighted by atomic mass is 9.83. The summed E-state index contributed by atoms with van der Waals surface area (Å²) < 4.78 is 14.3. The third-order valence-corrected chi connectivity index (χ3v) is 8.48. The molecule has 1 aliphatic carbocycles. The largest absolute Gasteiger partial charge is 0.297 e. The van der Waals surface area contributed by atoms with E-state index in [1.54, 1.807) is 0 Å². The van der Waals surface area contributed by atoms with E-state index in [-0.39, 0.29) is 0 Å². The molecule has 0 bridgehead atoms. The van der Waals surface area contributed by atoms with Crippen molar-refractivity contribution in [1.82, 2.24) is 5.09 Å². The second-order valence-electron chi connectivity index (χ2n) is 8.48. The van der Waals surface area contributed by atoms with E-state index in [2.05, 4.69) is 18.9 Å². The van der Waals surface area contributed by atoms with E-state index in [4.69, 9.17) is 0 Å². The third-order valence-electron chi connectivity index (χ3n) is 5.70. The van der Waals surface area contributed by atoms with Crippen LogP contribution < -0.4 is 15.7 Å². The first-order chi connectivity index (χ1) is 13.1. The fourth-order valence-corrected chi connectivity index (χ4v) is 6.93. The van der Waals surface area contributed by atoms with E-state index in [0.29, 0.717) is 12.0 Å². The van der Waals surface area contributed by atoms with E-state index in [9.17, 15) is 4.57 Å². The van der Waals surface area contributed by atoms with Crippen LogP contribution in [0.25, 0.3) is 0 Å². The predicted molar refractivity (Wildman–Crippen MR) is 117 cm³/mol. The van der Waals surface area contributed by atoms with Crippen molar-refractivity contribution in [3.63, 3.8) is 0 Å². The van der Waals surface area contributed by atoms with Crippen molar-refractivity contribution in [2.24, 2.45) is 11.8 Å². The van der Waals surface area contributed by atoms with E-state index >= 15 is 0 Å². The smallest absolute Gasteiger partial charge is 0.204 e. The fraction of sp³-hybridized carbons (Fsp3) is 0.500. The Kier molecular flexibility index (Phi) is 7.33. The summed E-state index contributed by atoms with van der Waals surface area (Å²) in [5.41, 5.74) is 0. The molecule has 146 valence electrons. The average molecular weight is 384 g/mol. The lowest BCUT2D eigenvalue weighted by molar-refractivity contribution is 0.294. The average Bonchev–Trinajstić information content (AvgIpc) is 2.69. The molecular formula is C24H34NOP. The van der Waals surface area contributed by atoms with Gasteiger partial charge in [0, 0.05) is 16.7 Å². The molecule has 2 aromatic rings. The van der Waals surface area contributed by atoms with Gasteiger partial charge in [0.05, 0.1) is 0 Å². The molecule has 2 nitrogen and oxygen atoms in total. The maximum absolute atomic E-state index is 14.3. The molecule has 27 heavy (non-hydrogen) atoms. The van der Waals surface area contributed by atoms with Crippen molar-refractivity contribution >= 4 is 17.9 Å². The number of benzene rings is 2. The number of nitrogens with one attached hydrogen (secondary N) is 1. The van der Waals surface area contributed by atoms with Crippen LogP contribution in [0.3, 0.4) is 0 Å². The van der Waals surface area contributed by atoms with E-state index in [1.165, 1.54) is 32.1 Å². The van der Waals surface area contributed by atoms with Crippen LogP contribution in [0.5, 0.6) is 0 Å². The normalized spacial score (nSPS) is 17.1. The first kappa shape index (κ1) is 20.4. The third kappa shape index (κ3) is 5.56. The molecule has 2 aromatic carbocycles. The molecule has 0 amide bonds. The van der Waals surface area contributed by atoms with Crippen molar-refractivity contribution in [1.29, 1.82) is 0 Å². The second kappa shape index (κ2) is 9.71. The molecule has 1 aliphatic rings. The van der Waals surface area contributed by atoms with E-state index in [0.717, 1.165) is 29.4 Å². The standard InChI is InChI=1S/C24H34NOP/c1-20(2)18-22(19-21-12-6-3-7-13-21)25-27(26,23-14-8-4-9-15-23)24-16-10-5-11-17-24/h4-5,8-11,14-17,20-22H,3,6-7,12-13,18-19H2,1-2H3,(H,25,26)/t22-/m1/s1. The van der Waals surface area contributed by atoms with Crippen molar-refractivity contribution < 1.29 is 4.57 Å². The van der Waals surface area contributed by atoms with Crippen LogP contribution in [0, 0.1) is 11.8 Å². The van der Waals surface area contributed by atoms with Crippen LogP contribution in [-0.2, 0) is 4.57 Å². The molecular weight excluding hydrogens is 349 g/mol. The van der Waals surface area contributed by atoms with Gasteiger partial charge in [0.15, 0.2) is 0 Å². The molecule has 0 unspecified atom stereocenters. The van der Waals surface area contributed by atoms with Crippen LogP contribution >= 0.6 is 7.29 Å². The predicted octanol–water partition coefficient (Wildman–Crippen LogP) is 5.89. The minimum absolute atomic E-state index is 0.291. The molecule has 0 radical (unpaired) electrons. The van der Waals surface area contributed by atoms with Gasteiger partial charge in [-0.25, -0.2) is 0 Å². The Morgan fingerprint density at radius 2 is 1.41 bits per heavy atom. The summed E-state index contributed by atoms with van der Waals surface area (Å²) in [5.74, 6) is 1.36. The number of hydrogen-bond donors (Lipinski definition) is 1. The Balaban J connectivity index is 1.89. The molecule has 0 aromatic heterocycles. The fourth-order valence-electron chi connectivity index (χ4n) is 4.43. The maximum Gasteiger partial charge on any atom is 0.204 e. The van der Waals surface area contributed by atoms with Crippen molar-refractivity contribution in [2.45, 2.75) is 64.8 Å². The Morgan fingerprint density at radius 3 is 1.89 bits per heavy atom. The summed E-state index contributed by atoms with van der Waals surface area (Å²) in [5, 5.41) is 5.52. The zero-order valence-corrected chi connectivity index (χ0v) is 17.7. The molecule has 0 spiro atoms. The van der Waals surface area contributed by atoms with Gasteiger partial charge in [0.1, 0.15) is 0 Å². The minimum atomic E-state index is -2.85. The van der Waals surface area contributed by atoms with Gasteiger partial charge in [-0.15, -0.1) is 0 Å². The minimum Gasteiger partial charge on any atom is -0.297 e. The van der Waals surface area contributed by atoms with Gasteiger partial charge in [-0.1, -0.05) is 82.3 Å². The first-order valence-corrected chi connectivity index (χ1v) is 12.3. The number of hydrogen-bond acceptors (Lipinski definition) is 1. The zero-order chi connectivity index (χ0) is 19.1. The van der Waals surface area contributed by atoms with Gasteiger partial charge in [-0.05, 0) is 48.9 Å². The van der Waals surface area contributed by atoms with Crippen molar-refractivity contribution in [2.75, 3.05) is 0 Å². The molecule has 1 fully saturated rings. The second-order valence-corrected chi connectivity index (χ2v) is 11.0. The van der Waals surface area contributed by atoms with E-state index in [1.807, 2.05) is 60.7 Å². The summed E-state index contributed by atoms with van der Waals surface area (Å²) in [6, 6.07) is 20.3. The van der Waals surface area contributed by atoms with Gasteiger partial charge < -0.3 is 0 Å². The van der Waals surface area contributed by atoms with Crippen LogP contribution in [0.15, 0.2) is 60.7 Å². The van der Waals surface area contributed by atoms with Crippen LogP contribution in [0.2, 0.25) is 0 Å². The highest BCUT2D eigenvalue weighted by atomic mass is 31.2. The highest BCUT2D eigenvalue weighted by Gasteiger charge is 2.31. The first-order valence-electron chi connectivity index (χ1n) is 10.6. The van der Waals surface area contributed by atoms with Gasteiger partial charge in [0.25, 0.3) is 0 Å². The van der Waals surface area contributed by atoms with Gasteiger partial charge in [-0.3, -0.25) is 9.65 Å². The summed E-state index contributed by atoms with van der Waals surface area (Å²) in [7, 11) is -2.85. The van der Waals surface area contributed by atoms with Gasteiger partial charge in [0.2, 0.25) is 7.29 Å². The quantitative estimate of drug-likeness (QED) is 0.576. The summed E-state index contributed by atoms with van der Waals surface area (Å²) in [4.78, 5) is 0. The molecule has 0 saturated heterocycles. The van der Waals surface area contributed by atoms with Crippen LogP contribution in [0.4, 0.5) is 0 Å². The maximum atomic E-state index is 14.3. The highest BCUT2D eigenvalue weighted by Crippen LogP contribution is 2.41. The zero-order valence-electron chi connectivity index (χ0n) is 16.8. The molecule has 1 saturated carbocycles. The van der Waals surface area contributed by atoms with E-state index < -0.39 is 7.29 Å². The molecule has 3 rings (SSSR count). The summed E-state index contributed by atoms with van der Waals surface area (Å²) >= 11 is 0. The lowest BCUT2D eigenvalue weighted by Gasteiger charge is -2.32. The molecule has 1 N–H and O–H groups in total. The molecule has 0 aliphatic heterocycles. The van der Waals surface area contributed by atoms with Gasteiger partial charge >= 0.3 is 0 Å². The Labute approximate surface area is 165 Å². The summed E-state index contributed by atoms with van der Waals surface area (Å²) in [6.07, 6.45) is 8.96. The topological polar surface area (TPSA) is 29.1 Å². The Bertz CT molecular complexity index is 679. The number of rotatable bonds is 8. The van der Waals surface area contributed by atoms with Crippen molar-refractivity contribution in [3.05, 3.63) is 60.7 Å². The highest BCUT2D eigenvalue weighted by molar-refractivity contribution is 7.76. The summed E-state index contributed by atoms with van der Waals surface area (Å²) in [6.45, 7) is 4.54. The Hall–Kier alpha value is -1.37. The van der Waals surface area contributed by atoms with Crippen molar-refractivity contribution in [3.8, 4) is 0 Å². The lowest BCUT2D eigenvalue weighted by Crippen LogP contribution is -2.37. The molecule has 0 heterocycles. The molecule has 1 atom stereocenters.